The zero-order valence-electron chi connectivity index (χ0n) is 7.71. The molecule has 0 rings (SSSR count). The third-order valence-corrected chi connectivity index (χ3v) is 1.84. The summed E-state index contributed by atoms with van der Waals surface area (Å²) in [5.74, 6) is -0.206. The Hall–Kier alpha value is -0.610. The lowest BCUT2D eigenvalue weighted by Crippen LogP contribution is -2.39. The maximum absolute atomic E-state index is 11.2. The third kappa shape index (κ3) is 4.31. The minimum Gasteiger partial charge on any atom is -0.396 e. The van der Waals surface area contributed by atoms with Crippen LogP contribution in [-0.2, 0) is 4.79 Å². The third-order valence-electron chi connectivity index (χ3n) is 1.84. The van der Waals surface area contributed by atoms with Crippen molar-refractivity contribution in [2.24, 2.45) is 11.7 Å². The number of hydrogen-bond donors (Lipinski definition) is 3. The van der Waals surface area contributed by atoms with Gasteiger partial charge in [0, 0.05) is 25.1 Å². The zero-order valence-corrected chi connectivity index (χ0v) is 7.71. The summed E-state index contributed by atoms with van der Waals surface area (Å²) in [4.78, 5) is 11.2. The predicted molar refractivity (Wildman–Crippen MR) is 47.5 cm³/mol. The van der Waals surface area contributed by atoms with Crippen LogP contribution in [0.25, 0.3) is 0 Å². The van der Waals surface area contributed by atoms with E-state index in [9.17, 15) is 4.79 Å². The molecule has 0 fully saturated rings. The van der Waals surface area contributed by atoms with Crippen molar-refractivity contribution in [2.75, 3.05) is 13.2 Å². The SMILES string of the molecule is CC(N)C(C)C(=O)NCCCO. The van der Waals surface area contributed by atoms with Gasteiger partial charge in [-0.1, -0.05) is 6.92 Å². The average Bonchev–Trinajstić information content (AvgIpc) is 2.03. The van der Waals surface area contributed by atoms with E-state index >= 15 is 0 Å². The van der Waals surface area contributed by atoms with Crippen molar-refractivity contribution in [2.45, 2.75) is 26.3 Å². The van der Waals surface area contributed by atoms with Crippen LogP contribution in [0.1, 0.15) is 20.3 Å². The van der Waals surface area contributed by atoms with Crippen molar-refractivity contribution in [1.29, 1.82) is 0 Å². The normalized spacial score (nSPS) is 15.3. The van der Waals surface area contributed by atoms with Crippen molar-refractivity contribution in [1.82, 2.24) is 5.32 Å². The monoisotopic (exact) mass is 174 g/mol. The summed E-state index contributed by atoms with van der Waals surface area (Å²) < 4.78 is 0. The molecule has 2 atom stereocenters. The van der Waals surface area contributed by atoms with Crippen LogP contribution in [0.15, 0.2) is 0 Å². The number of nitrogens with one attached hydrogen (secondary N) is 1. The molecule has 0 saturated carbocycles. The second kappa shape index (κ2) is 5.97. The van der Waals surface area contributed by atoms with Crippen molar-refractivity contribution in [3.63, 3.8) is 0 Å². The van der Waals surface area contributed by atoms with Crippen LogP contribution < -0.4 is 11.1 Å². The maximum Gasteiger partial charge on any atom is 0.224 e. The van der Waals surface area contributed by atoms with Crippen molar-refractivity contribution in [3.8, 4) is 0 Å². The highest BCUT2D eigenvalue weighted by Crippen LogP contribution is 1.98. The molecule has 0 radical (unpaired) electrons. The Balaban J connectivity index is 3.57. The van der Waals surface area contributed by atoms with Crippen LogP contribution >= 0.6 is 0 Å². The first-order valence-corrected chi connectivity index (χ1v) is 4.23. The summed E-state index contributed by atoms with van der Waals surface area (Å²) in [5, 5.41) is 11.1. The van der Waals surface area contributed by atoms with Crippen molar-refractivity contribution < 1.29 is 9.90 Å². The summed E-state index contributed by atoms with van der Waals surface area (Å²) in [6, 6.07) is -0.126. The molecular weight excluding hydrogens is 156 g/mol. The molecule has 4 nitrogen and oxygen atoms in total. The average molecular weight is 174 g/mol. The van der Waals surface area contributed by atoms with Crippen molar-refractivity contribution >= 4 is 5.91 Å². The van der Waals surface area contributed by atoms with Gasteiger partial charge in [0.05, 0.1) is 0 Å². The molecular formula is C8H18N2O2. The number of amides is 1. The molecule has 0 saturated heterocycles. The first-order chi connectivity index (χ1) is 5.59. The number of aliphatic hydroxyl groups is 1. The number of nitrogens with two attached hydrogens (primary N) is 1. The number of rotatable bonds is 5. The molecule has 12 heavy (non-hydrogen) atoms. The molecule has 4 heteroatoms. The second-order valence-electron chi connectivity index (χ2n) is 3.02. The van der Waals surface area contributed by atoms with Crippen LogP contribution in [0.4, 0.5) is 0 Å². The van der Waals surface area contributed by atoms with Gasteiger partial charge in [-0.15, -0.1) is 0 Å². The zero-order chi connectivity index (χ0) is 9.56. The van der Waals surface area contributed by atoms with Gasteiger partial charge in [0.1, 0.15) is 0 Å². The summed E-state index contributed by atoms with van der Waals surface area (Å²) >= 11 is 0. The first kappa shape index (κ1) is 11.4. The van der Waals surface area contributed by atoms with E-state index in [4.69, 9.17) is 10.8 Å². The van der Waals surface area contributed by atoms with Gasteiger partial charge in [-0.25, -0.2) is 0 Å². The summed E-state index contributed by atoms with van der Waals surface area (Å²) in [6.45, 7) is 4.22. The Bertz CT molecular complexity index is 137. The smallest absolute Gasteiger partial charge is 0.224 e. The Morgan fingerprint density at radius 2 is 2.17 bits per heavy atom. The highest BCUT2D eigenvalue weighted by molar-refractivity contribution is 5.78. The molecule has 0 aliphatic rings. The fraction of sp³-hybridized carbons (Fsp3) is 0.875. The van der Waals surface area contributed by atoms with E-state index < -0.39 is 0 Å². The molecule has 4 N–H and O–H groups in total. The van der Waals surface area contributed by atoms with Gasteiger partial charge in [-0.3, -0.25) is 4.79 Å². The van der Waals surface area contributed by atoms with Gasteiger partial charge >= 0.3 is 0 Å². The highest BCUT2D eigenvalue weighted by Gasteiger charge is 2.15. The minimum atomic E-state index is -0.163. The van der Waals surface area contributed by atoms with Crippen LogP contribution in [-0.4, -0.2) is 30.2 Å². The predicted octanol–water partition coefficient (Wildman–Crippen LogP) is -0.532. The molecule has 1 amide bonds. The van der Waals surface area contributed by atoms with Gasteiger partial charge in [0.25, 0.3) is 0 Å². The van der Waals surface area contributed by atoms with Gasteiger partial charge in [0.15, 0.2) is 0 Å². The molecule has 0 aromatic rings. The summed E-state index contributed by atoms with van der Waals surface area (Å²) in [7, 11) is 0. The van der Waals surface area contributed by atoms with E-state index in [2.05, 4.69) is 5.32 Å². The van der Waals surface area contributed by atoms with Crippen molar-refractivity contribution in [3.05, 3.63) is 0 Å². The topological polar surface area (TPSA) is 75.4 Å². The standard InChI is InChI=1S/C8H18N2O2/c1-6(7(2)9)8(12)10-4-3-5-11/h6-7,11H,3-5,9H2,1-2H3,(H,10,12). The van der Waals surface area contributed by atoms with Gasteiger partial charge in [-0.2, -0.15) is 0 Å². The molecule has 0 aliphatic carbocycles. The summed E-state index contributed by atoms with van der Waals surface area (Å²) in [6.07, 6.45) is 0.595. The Labute approximate surface area is 73.1 Å². The van der Waals surface area contributed by atoms with E-state index in [1.54, 1.807) is 13.8 Å². The second-order valence-corrected chi connectivity index (χ2v) is 3.02. The summed E-state index contributed by atoms with van der Waals surface area (Å²) in [5.41, 5.74) is 5.53. The number of carbonyl (C=O) groups excluding carboxylic acids is 1. The van der Waals surface area contributed by atoms with Gasteiger partial charge < -0.3 is 16.2 Å². The number of aliphatic hydroxyl groups excluding tert-OH is 1. The van der Waals surface area contributed by atoms with E-state index in [-0.39, 0.29) is 24.5 Å². The van der Waals surface area contributed by atoms with E-state index in [1.807, 2.05) is 0 Å². The quantitative estimate of drug-likeness (QED) is 0.490. The van der Waals surface area contributed by atoms with E-state index in [0.717, 1.165) is 0 Å². The molecule has 72 valence electrons. The number of hydrogen-bond acceptors (Lipinski definition) is 3. The molecule has 0 aliphatic heterocycles. The first-order valence-electron chi connectivity index (χ1n) is 4.23. The lowest BCUT2D eigenvalue weighted by atomic mass is 10.0. The molecule has 0 heterocycles. The van der Waals surface area contributed by atoms with Gasteiger partial charge in [0.2, 0.25) is 5.91 Å². The lowest BCUT2D eigenvalue weighted by Gasteiger charge is -2.14. The van der Waals surface area contributed by atoms with Crippen LogP contribution in [0, 0.1) is 5.92 Å². The van der Waals surface area contributed by atoms with Gasteiger partial charge in [-0.05, 0) is 13.3 Å². The Morgan fingerprint density at radius 3 is 2.58 bits per heavy atom. The minimum absolute atomic E-state index is 0.0431. The molecule has 0 spiro atoms. The van der Waals surface area contributed by atoms with E-state index in [0.29, 0.717) is 13.0 Å². The molecule has 0 aromatic heterocycles. The Kier molecular flexibility index (Phi) is 5.66. The Morgan fingerprint density at radius 1 is 1.58 bits per heavy atom. The number of carbonyl (C=O) groups is 1. The highest BCUT2D eigenvalue weighted by atomic mass is 16.3. The molecule has 0 bridgehead atoms. The van der Waals surface area contributed by atoms with Crippen LogP contribution in [0.3, 0.4) is 0 Å². The largest absolute Gasteiger partial charge is 0.396 e. The fourth-order valence-corrected chi connectivity index (χ4v) is 0.690. The van der Waals surface area contributed by atoms with Crippen LogP contribution in [0.2, 0.25) is 0 Å². The van der Waals surface area contributed by atoms with Crippen LogP contribution in [0.5, 0.6) is 0 Å². The molecule has 0 aromatic carbocycles. The molecule has 2 unspecified atom stereocenters. The van der Waals surface area contributed by atoms with E-state index in [1.165, 1.54) is 0 Å². The fourth-order valence-electron chi connectivity index (χ4n) is 0.690. The maximum atomic E-state index is 11.2. The lowest BCUT2D eigenvalue weighted by molar-refractivity contribution is -0.124.